The summed E-state index contributed by atoms with van der Waals surface area (Å²) in [5.41, 5.74) is 1.61. The molecule has 1 aliphatic heterocycles. The minimum Gasteiger partial charge on any atom is -0.384 e. The molecule has 0 saturated carbocycles. The molecule has 152 valence electrons. The van der Waals surface area contributed by atoms with Crippen LogP contribution in [0.15, 0.2) is 24.3 Å². The Balaban J connectivity index is 1.61. The molecule has 3 aromatic rings. The number of fused-ring (bicyclic) bond motifs is 1. The molecule has 1 N–H and O–H groups in total. The molecule has 1 atom stereocenters. The number of benzene rings is 1. The van der Waals surface area contributed by atoms with Gasteiger partial charge in [0.1, 0.15) is 10.5 Å². The van der Waals surface area contributed by atoms with Crippen LogP contribution in [-0.2, 0) is 4.74 Å². The second-order valence-electron chi connectivity index (χ2n) is 7.23. The second-order valence-corrected chi connectivity index (χ2v) is 8.44. The molecule has 1 aliphatic rings. The highest BCUT2D eigenvalue weighted by Crippen LogP contribution is 2.28. The Hall–Kier alpha value is -2.65. The largest absolute Gasteiger partial charge is 0.384 e. The van der Waals surface area contributed by atoms with Crippen molar-refractivity contribution in [2.45, 2.75) is 19.9 Å². The summed E-state index contributed by atoms with van der Waals surface area (Å²) in [5, 5.41) is 3.99. The number of aryl methyl sites for hydroxylation is 1. The van der Waals surface area contributed by atoms with Crippen LogP contribution in [0.25, 0.3) is 10.3 Å². The monoisotopic (exact) mass is 415 g/mol. The molecule has 1 aromatic carbocycles. The lowest BCUT2D eigenvalue weighted by atomic mass is 10.0. The number of halogens is 1. The molecule has 2 aromatic heterocycles. The van der Waals surface area contributed by atoms with E-state index in [1.54, 1.807) is 18.1 Å². The number of nitrogens with one attached hydrogen (secondary N) is 1. The summed E-state index contributed by atoms with van der Waals surface area (Å²) < 4.78 is 19.4. The molecule has 1 saturated heterocycles. The van der Waals surface area contributed by atoms with Crippen molar-refractivity contribution in [3.8, 4) is 0 Å². The minimum absolute atomic E-state index is 0.130. The van der Waals surface area contributed by atoms with Crippen LogP contribution >= 0.6 is 11.3 Å². The van der Waals surface area contributed by atoms with E-state index < -0.39 is 0 Å². The molecule has 3 heterocycles. The number of aromatic nitrogens is 3. The van der Waals surface area contributed by atoms with Crippen LogP contribution in [0.2, 0.25) is 0 Å². The Morgan fingerprint density at radius 1 is 1.38 bits per heavy atom. The molecule has 29 heavy (non-hydrogen) atoms. The summed E-state index contributed by atoms with van der Waals surface area (Å²) >= 11 is 1.41. The second kappa shape index (κ2) is 8.00. The number of ether oxygens (including phenoxy) is 1. The Bertz CT molecular complexity index is 1050. The van der Waals surface area contributed by atoms with Gasteiger partial charge in [-0.3, -0.25) is 4.79 Å². The highest BCUT2D eigenvalue weighted by molar-refractivity contribution is 7.18. The highest BCUT2D eigenvalue weighted by atomic mass is 32.1. The fourth-order valence-corrected chi connectivity index (χ4v) is 4.26. The summed E-state index contributed by atoms with van der Waals surface area (Å²) in [7, 11) is 1.66. The van der Waals surface area contributed by atoms with Gasteiger partial charge in [0.25, 0.3) is 5.91 Å². The van der Waals surface area contributed by atoms with Crippen LogP contribution < -0.4 is 5.32 Å². The molecule has 1 fully saturated rings. The van der Waals surface area contributed by atoms with E-state index in [2.05, 4.69) is 20.3 Å². The lowest BCUT2D eigenvalue weighted by Crippen LogP contribution is -2.51. The molecule has 7 nitrogen and oxygen atoms in total. The van der Waals surface area contributed by atoms with Gasteiger partial charge >= 0.3 is 0 Å². The van der Waals surface area contributed by atoms with E-state index in [9.17, 15) is 9.18 Å². The molecule has 0 bridgehead atoms. The number of thiazole rings is 1. The molecule has 4 rings (SSSR count). The van der Waals surface area contributed by atoms with E-state index in [-0.39, 0.29) is 17.8 Å². The number of methoxy groups -OCH3 is 1. The van der Waals surface area contributed by atoms with Crippen LogP contribution in [0.4, 0.5) is 10.3 Å². The number of rotatable bonds is 6. The number of likely N-dealkylation sites (tertiary alicyclic amines) is 1. The van der Waals surface area contributed by atoms with Crippen molar-refractivity contribution in [3.05, 3.63) is 46.3 Å². The Morgan fingerprint density at radius 2 is 2.17 bits per heavy atom. The van der Waals surface area contributed by atoms with Gasteiger partial charge in [-0.2, -0.15) is 4.98 Å². The maximum Gasteiger partial charge on any atom is 0.274 e. The predicted octanol–water partition coefficient (Wildman–Crippen LogP) is 3.43. The molecule has 0 radical (unpaired) electrons. The molecule has 0 aliphatic carbocycles. The predicted molar refractivity (Wildman–Crippen MR) is 110 cm³/mol. The van der Waals surface area contributed by atoms with Crippen LogP contribution in [0.3, 0.4) is 0 Å². The van der Waals surface area contributed by atoms with Crippen molar-refractivity contribution >= 4 is 33.5 Å². The first kappa shape index (κ1) is 19.7. The van der Waals surface area contributed by atoms with Gasteiger partial charge in [0.2, 0.25) is 5.95 Å². The van der Waals surface area contributed by atoms with Crippen molar-refractivity contribution in [2.24, 2.45) is 5.92 Å². The third-order valence-corrected chi connectivity index (χ3v) is 5.87. The summed E-state index contributed by atoms with van der Waals surface area (Å²) in [6.07, 6.45) is 0. The van der Waals surface area contributed by atoms with E-state index in [1.807, 2.05) is 19.9 Å². The summed E-state index contributed by atoms with van der Waals surface area (Å²) in [6.45, 7) is 5.71. The zero-order valence-corrected chi connectivity index (χ0v) is 17.3. The molecule has 1 amide bonds. The van der Waals surface area contributed by atoms with Crippen molar-refractivity contribution < 1.29 is 13.9 Å². The van der Waals surface area contributed by atoms with Gasteiger partial charge in [-0.1, -0.05) is 12.1 Å². The van der Waals surface area contributed by atoms with E-state index in [1.165, 1.54) is 23.5 Å². The third-order valence-electron chi connectivity index (χ3n) is 4.90. The average Bonchev–Trinajstić information content (AvgIpc) is 3.03. The van der Waals surface area contributed by atoms with Crippen LogP contribution in [0.1, 0.15) is 34.0 Å². The number of carbonyl (C=O) groups is 1. The lowest BCUT2D eigenvalue weighted by Gasteiger charge is -2.38. The van der Waals surface area contributed by atoms with Gasteiger partial charge in [0, 0.05) is 26.1 Å². The van der Waals surface area contributed by atoms with E-state index in [4.69, 9.17) is 4.74 Å². The lowest BCUT2D eigenvalue weighted by molar-refractivity contribution is 0.0267. The smallest absolute Gasteiger partial charge is 0.274 e. The van der Waals surface area contributed by atoms with Gasteiger partial charge in [0.15, 0.2) is 11.3 Å². The SMILES string of the molecule is COCC1CN(C(=O)c2nc(NC(C)c3cccc(F)c3)nc3nc(C)sc23)C1. The number of hydrogen-bond donors (Lipinski definition) is 1. The number of nitrogens with zero attached hydrogens (tertiary/aromatic N) is 4. The fourth-order valence-electron chi connectivity index (χ4n) is 3.42. The normalized spacial score (nSPS) is 15.4. The molecule has 1 unspecified atom stereocenters. The first-order valence-corrected chi connectivity index (χ1v) is 10.2. The number of anilines is 1. The topological polar surface area (TPSA) is 80.2 Å². The summed E-state index contributed by atoms with van der Waals surface area (Å²) in [5.74, 6) is 0.226. The first-order valence-electron chi connectivity index (χ1n) is 9.40. The molecular weight excluding hydrogens is 393 g/mol. The molecule has 9 heteroatoms. The zero-order chi connectivity index (χ0) is 20.5. The standard InChI is InChI=1S/C20H22FN5O2S/c1-11(14-5-4-6-15(21)7-14)22-20-24-16(17-18(25-20)23-12(2)29-17)19(27)26-8-13(9-26)10-28-3/h4-7,11,13H,8-10H2,1-3H3,(H,22,24,25). The van der Waals surface area contributed by atoms with Crippen molar-refractivity contribution in [2.75, 3.05) is 32.1 Å². The van der Waals surface area contributed by atoms with Crippen LogP contribution in [0.5, 0.6) is 0 Å². The quantitative estimate of drug-likeness (QED) is 0.664. The minimum atomic E-state index is -0.304. The van der Waals surface area contributed by atoms with E-state index in [0.29, 0.717) is 47.6 Å². The molecule has 0 spiro atoms. The van der Waals surface area contributed by atoms with Crippen molar-refractivity contribution in [1.82, 2.24) is 19.9 Å². The average molecular weight is 415 g/mol. The summed E-state index contributed by atoms with van der Waals surface area (Å²) in [6, 6.07) is 6.12. The number of carbonyl (C=O) groups excluding carboxylic acids is 1. The van der Waals surface area contributed by atoms with Gasteiger partial charge in [0.05, 0.1) is 17.7 Å². The van der Waals surface area contributed by atoms with Crippen molar-refractivity contribution in [1.29, 1.82) is 0 Å². The summed E-state index contributed by atoms with van der Waals surface area (Å²) in [4.78, 5) is 28.2. The molecular formula is C20H22FN5O2S. The van der Waals surface area contributed by atoms with Crippen LogP contribution in [-0.4, -0.2) is 52.6 Å². The van der Waals surface area contributed by atoms with E-state index >= 15 is 0 Å². The van der Waals surface area contributed by atoms with Gasteiger partial charge in [-0.15, -0.1) is 11.3 Å². The Labute approximate surface area is 171 Å². The maximum absolute atomic E-state index is 13.5. The number of amides is 1. The zero-order valence-electron chi connectivity index (χ0n) is 16.5. The Kier molecular flexibility index (Phi) is 5.42. The third kappa shape index (κ3) is 4.06. The number of hydrogen-bond acceptors (Lipinski definition) is 7. The van der Waals surface area contributed by atoms with Gasteiger partial charge in [-0.25, -0.2) is 14.4 Å². The first-order chi connectivity index (χ1) is 13.9. The van der Waals surface area contributed by atoms with Gasteiger partial charge in [-0.05, 0) is 31.5 Å². The Morgan fingerprint density at radius 3 is 2.90 bits per heavy atom. The highest BCUT2D eigenvalue weighted by Gasteiger charge is 2.33. The maximum atomic E-state index is 13.5. The van der Waals surface area contributed by atoms with Crippen LogP contribution in [0, 0.1) is 18.7 Å². The van der Waals surface area contributed by atoms with E-state index in [0.717, 1.165) is 10.6 Å². The van der Waals surface area contributed by atoms with Gasteiger partial charge < -0.3 is 15.0 Å². The van der Waals surface area contributed by atoms with Crippen molar-refractivity contribution in [3.63, 3.8) is 0 Å². The fraction of sp³-hybridized carbons (Fsp3) is 0.400.